The number of rotatable bonds is 5. The van der Waals surface area contributed by atoms with Crippen molar-refractivity contribution < 1.29 is 4.52 Å². The van der Waals surface area contributed by atoms with E-state index in [0.717, 1.165) is 22.9 Å². The lowest BCUT2D eigenvalue weighted by molar-refractivity contribution is 0.350. The maximum absolute atomic E-state index is 5.72. The quantitative estimate of drug-likeness (QED) is 0.778. The van der Waals surface area contributed by atoms with Gasteiger partial charge in [-0.25, -0.2) is 0 Å². The van der Waals surface area contributed by atoms with Gasteiger partial charge in [0, 0.05) is 18.0 Å². The SMILES string of the molecule is CCC(CN)Cc1nc(-c2nccc3ccccc23)no1. The highest BCUT2D eigenvalue weighted by atomic mass is 16.5. The van der Waals surface area contributed by atoms with Crippen molar-refractivity contribution >= 4 is 10.8 Å². The molecule has 3 aromatic rings. The van der Waals surface area contributed by atoms with E-state index in [1.807, 2.05) is 30.3 Å². The van der Waals surface area contributed by atoms with Gasteiger partial charge < -0.3 is 10.3 Å². The fourth-order valence-electron chi connectivity index (χ4n) is 2.37. The van der Waals surface area contributed by atoms with Crippen molar-refractivity contribution in [3.05, 3.63) is 42.4 Å². The summed E-state index contributed by atoms with van der Waals surface area (Å²) >= 11 is 0. The monoisotopic (exact) mass is 282 g/mol. The molecule has 108 valence electrons. The van der Waals surface area contributed by atoms with Crippen molar-refractivity contribution in [3.8, 4) is 11.5 Å². The molecule has 0 aliphatic rings. The molecule has 0 bridgehead atoms. The Labute approximate surface area is 123 Å². The highest BCUT2D eigenvalue weighted by Gasteiger charge is 2.15. The summed E-state index contributed by atoms with van der Waals surface area (Å²) in [5.74, 6) is 1.53. The van der Waals surface area contributed by atoms with Crippen LogP contribution in [0.5, 0.6) is 0 Å². The third-order valence-electron chi connectivity index (χ3n) is 3.73. The van der Waals surface area contributed by atoms with Crippen LogP contribution in [0.15, 0.2) is 41.1 Å². The fourth-order valence-corrected chi connectivity index (χ4v) is 2.37. The third-order valence-corrected chi connectivity index (χ3v) is 3.73. The molecule has 0 aliphatic carbocycles. The average molecular weight is 282 g/mol. The standard InChI is InChI=1S/C16H18N4O/c1-2-11(10-17)9-14-19-16(20-21-14)15-13-6-4-3-5-12(13)7-8-18-15/h3-8,11H,2,9-10,17H2,1H3. The van der Waals surface area contributed by atoms with Crippen molar-refractivity contribution in [1.29, 1.82) is 0 Å². The second kappa shape index (κ2) is 6.01. The van der Waals surface area contributed by atoms with E-state index in [4.69, 9.17) is 10.3 Å². The van der Waals surface area contributed by atoms with Gasteiger partial charge in [0.05, 0.1) is 0 Å². The Morgan fingerprint density at radius 1 is 1.24 bits per heavy atom. The molecule has 3 rings (SSSR count). The van der Waals surface area contributed by atoms with Crippen molar-refractivity contribution in [3.63, 3.8) is 0 Å². The zero-order chi connectivity index (χ0) is 14.7. The normalized spacial score (nSPS) is 12.7. The first-order valence-electron chi connectivity index (χ1n) is 7.18. The van der Waals surface area contributed by atoms with Gasteiger partial charge in [-0.3, -0.25) is 4.98 Å². The molecular formula is C16H18N4O. The molecule has 2 N–H and O–H groups in total. The molecule has 5 heteroatoms. The molecule has 5 nitrogen and oxygen atoms in total. The number of hydrogen-bond acceptors (Lipinski definition) is 5. The van der Waals surface area contributed by atoms with Gasteiger partial charge in [0.25, 0.3) is 0 Å². The second-order valence-electron chi connectivity index (χ2n) is 5.11. The summed E-state index contributed by atoms with van der Waals surface area (Å²) in [6.45, 7) is 2.74. The lowest BCUT2D eigenvalue weighted by Crippen LogP contribution is -2.15. The first-order chi connectivity index (χ1) is 10.3. The van der Waals surface area contributed by atoms with Gasteiger partial charge in [-0.15, -0.1) is 0 Å². The predicted molar refractivity (Wildman–Crippen MR) is 81.6 cm³/mol. The van der Waals surface area contributed by atoms with Crippen LogP contribution < -0.4 is 5.73 Å². The van der Waals surface area contributed by atoms with Crippen LogP contribution in [0.1, 0.15) is 19.2 Å². The molecule has 0 saturated carbocycles. The molecule has 0 radical (unpaired) electrons. The Balaban J connectivity index is 1.95. The molecule has 2 aromatic heterocycles. The minimum Gasteiger partial charge on any atom is -0.339 e. The van der Waals surface area contributed by atoms with Crippen LogP contribution in [0.4, 0.5) is 0 Å². The molecule has 0 amide bonds. The summed E-state index contributed by atoms with van der Waals surface area (Å²) in [6.07, 6.45) is 3.48. The molecule has 0 fully saturated rings. The third kappa shape index (κ3) is 2.78. The Morgan fingerprint density at radius 2 is 2.10 bits per heavy atom. The van der Waals surface area contributed by atoms with Crippen LogP contribution in [0.3, 0.4) is 0 Å². The van der Waals surface area contributed by atoms with Crippen molar-refractivity contribution in [2.45, 2.75) is 19.8 Å². The smallest absolute Gasteiger partial charge is 0.227 e. The van der Waals surface area contributed by atoms with E-state index in [0.29, 0.717) is 30.6 Å². The van der Waals surface area contributed by atoms with Gasteiger partial charge in [-0.05, 0) is 23.9 Å². The van der Waals surface area contributed by atoms with Gasteiger partial charge in [0.1, 0.15) is 5.69 Å². The average Bonchev–Trinajstić information content (AvgIpc) is 3.00. The molecule has 1 atom stereocenters. The minimum absolute atomic E-state index is 0.374. The number of aromatic nitrogens is 3. The number of nitrogens with two attached hydrogens (primary N) is 1. The number of pyridine rings is 1. The van der Waals surface area contributed by atoms with Crippen molar-refractivity contribution in [1.82, 2.24) is 15.1 Å². The fraction of sp³-hybridized carbons (Fsp3) is 0.312. The van der Waals surface area contributed by atoms with E-state index in [2.05, 4.69) is 22.0 Å². The van der Waals surface area contributed by atoms with E-state index >= 15 is 0 Å². The van der Waals surface area contributed by atoms with Crippen molar-refractivity contribution in [2.75, 3.05) is 6.54 Å². The molecule has 21 heavy (non-hydrogen) atoms. The van der Waals surface area contributed by atoms with Gasteiger partial charge in [-0.1, -0.05) is 42.8 Å². The molecule has 0 saturated heterocycles. The number of nitrogens with zero attached hydrogens (tertiary/aromatic N) is 3. The Bertz CT molecular complexity index is 728. The van der Waals surface area contributed by atoms with Crippen LogP contribution in [0.2, 0.25) is 0 Å². The number of benzene rings is 1. The lowest BCUT2D eigenvalue weighted by Gasteiger charge is -2.07. The summed E-state index contributed by atoms with van der Waals surface area (Å²) in [5.41, 5.74) is 6.47. The Morgan fingerprint density at radius 3 is 2.90 bits per heavy atom. The van der Waals surface area contributed by atoms with Crippen LogP contribution in [0, 0.1) is 5.92 Å². The first-order valence-corrected chi connectivity index (χ1v) is 7.18. The van der Waals surface area contributed by atoms with Gasteiger partial charge in [0.15, 0.2) is 0 Å². The van der Waals surface area contributed by atoms with Crippen LogP contribution in [-0.4, -0.2) is 21.7 Å². The summed E-state index contributed by atoms with van der Waals surface area (Å²) in [4.78, 5) is 8.87. The maximum Gasteiger partial charge on any atom is 0.227 e. The molecular weight excluding hydrogens is 264 g/mol. The Hall–Kier alpha value is -2.27. The molecule has 0 spiro atoms. The van der Waals surface area contributed by atoms with E-state index < -0.39 is 0 Å². The van der Waals surface area contributed by atoms with E-state index in [1.165, 1.54) is 0 Å². The van der Waals surface area contributed by atoms with Gasteiger partial charge >= 0.3 is 0 Å². The molecule has 1 aromatic carbocycles. The lowest BCUT2D eigenvalue weighted by atomic mass is 10.0. The maximum atomic E-state index is 5.72. The summed E-state index contributed by atoms with van der Waals surface area (Å²) in [6, 6.07) is 10.0. The zero-order valence-electron chi connectivity index (χ0n) is 12.0. The number of fused-ring (bicyclic) bond motifs is 1. The Kier molecular flexibility index (Phi) is 3.92. The topological polar surface area (TPSA) is 77.8 Å². The van der Waals surface area contributed by atoms with Crippen LogP contribution in [0.25, 0.3) is 22.3 Å². The highest BCUT2D eigenvalue weighted by Crippen LogP contribution is 2.24. The summed E-state index contributed by atoms with van der Waals surface area (Å²) in [5, 5.41) is 6.21. The zero-order valence-corrected chi connectivity index (χ0v) is 12.0. The van der Waals surface area contributed by atoms with Crippen LogP contribution in [-0.2, 0) is 6.42 Å². The summed E-state index contributed by atoms with van der Waals surface area (Å²) in [7, 11) is 0. The second-order valence-corrected chi connectivity index (χ2v) is 5.11. The number of hydrogen-bond donors (Lipinski definition) is 1. The molecule has 1 unspecified atom stereocenters. The molecule has 0 aliphatic heterocycles. The van der Waals surface area contributed by atoms with E-state index in [1.54, 1.807) is 6.20 Å². The predicted octanol–water partition coefficient (Wildman–Crippen LogP) is 2.81. The van der Waals surface area contributed by atoms with E-state index in [9.17, 15) is 0 Å². The minimum atomic E-state index is 0.374. The van der Waals surface area contributed by atoms with Crippen LogP contribution >= 0.6 is 0 Å². The first kappa shape index (κ1) is 13.7. The summed E-state index contributed by atoms with van der Waals surface area (Å²) < 4.78 is 5.35. The van der Waals surface area contributed by atoms with Crippen molar-refractivity contribution in [2.24, 2.45) is 11.7 Å². The van der Waals surface area contributed by atoms with Gasteiger partial charge in [0.2, 0.25) is 11.7 Å². The van der Waals surface area contributed by atoms with Gasteiger partial charge in [-0.2, -0.15) is 4.98 Å². The largest absolute Gasteiger partial charge is 0.339 e. The van der Waals surface area contributed by atoms with E-state index in [-0.39, 0.29) is 0 Å². The highest BCUT2D eigenvalue weighted by molar-refractivity contribution is 5.92. The molecule has 2 heterocycles.